The fourth-order valence-corrected chi connectivity index (χ4v) is 1.94. The van der Waals surface area contributed by atoms with Crippen LogP contribution in [0.1, 0.15) is 11.4 Å². The molecule has 0 aliphatic heterocycles. The molecule has 0 bridgehead atoms. The van der Waals surface area contributed by atoms with Crippen LogP contribution in [-0.4, -0.2) is 9.66 Å². The van der Waals surface area contributed by atoms with Gasteiger partial charge in [-0.2, -0.15) is 0 Å². The maximum absolute atomic E-state index is 5.63. The summed E-state index contributed by atoms with van der Waals surface area (Å²) in [5.41, 5.74) is 11.7. The summed E-state index contributed by atoms with van der Waals surface area (Å²) in [6, 6.07) is 5.92. The van der Waals surface area contributed by atoms with Gasteiger partial charge >= 0.3 is 0 Å². The molecule has 3 N–H and O–H groups in total. The van der Waals surface area contributed by atoms with E-state index < -0.39 is 0 Å². The number of pyridine rings is 1. The second kappa shape index (κ2) is 4.17. The van der Waals surface area contributed by atoms with Crippen LogP contribution in [0.15, 0.2) is 28.9 Å². The van der Waals surface area contributed by atoms with Crippen molar-refractivity contribution in [2.45, 2.75) is 13.8 Å². The first-order valence-corrected chi connectivity index (χ1v) is 5.70. The van der Waals surface area contributed by atoms with Crippen LogP contribution in [0, 0.1) is 13.8 Å². The molecule has 2 rings (SSSR count). The Morgan fingerprint density at radius 3 is 2.50 bits per heavy atom. The van der Waals surface area contributed by atoms with Gasteiger partial charge in [0.2, 0.25) is 0 Å². The Bertz CT molecular complexity index is 499. The minimum atomic E-state index is 0.637. The average molecular weight is 281 g/mol. The number of hydrogen-bond donors (Lipinski definition) is 2. The number of rotatable bonds is 2. The molecule has 0 saturated carbocycles. The number of nitrogens with zero attached hydrogens (tertiary/aromatic N) is 2. The summed E-state index contributed by atoms with van der Waals surface area (Å²) in [5, 5.41) is 0. The standard InChI is InChI=1S/C11H13BrN4/c1-7-3-4-8(2)16(7)15-11-10(12)5-9(13)6-14-11/h3-6H,13H2,1-2H3,(H,14,15). The van der Waals surface area contributed by atoms with Crippen molar-refractivity contribution in [2.24, 2.45) is 0 Å². The third kappa shape index (κ3) is 2.04. The number of nitrogens with two attached hydrogens (primary N) is 1. The number of hydrogen-bond acceptors (Lipinski definition) is 3. The summed E-state index contributed by atoms with van der Waals surface area (Å²) in [6.45, 7) is 4.07. The summed E-state index contributed by atoms with van der Waals surface area (Å²) in [7, 11) is 0. The molecule has 5 heteroatoms. The van der Waals surface area contributed by atoms with E-state index in [9.17, 15) is 0 Å². The van der Waals surface area contributed by atoms with Crippen LogP contribution in [0.4, 0.5) is 11.5 Å². The topological polar surface area (TPSA) is 55.9 Å². The van der Waals surface area contributed by atoms with E-state index in [2.05, 4.69) is 26.3 Å². The molecule has 16 heavy (non-hydrogen) atoms. The smallest absolute Gasteiger partial charge is 0.159 e. The molecule has 2 heterocycles. The average Bonchev–Trinajstić information content (AvgIpc) is 2.53. The molecule has 0 spiro atoms. The van der Waals surface area contributed by atoms with Crippen molar-refractivity contribution in [3.8, 4) is 0 Å². The Hall–Kier alpha value is -1.49. The van der Waals surface area contributed by atoms with Crippen LogP contribution in [0.2, 0.25) is 0 Å². The zero-order valence-corrected chi connectivity index (χ0v) is 10.7. The molecule has 0 amide bonds. The Kier molecular flexibility index (Phi) is 2.87. The Morgan fingerprint density at radius 2 is 1.94 bits per heavy atom. The van der Waals surface area contributed by atoms with Gasteiger partial charge in [-0.05, 0) is 48.0 Å². The van der Waals surface area contributed by atoms with Crippen molar-refractivity contribution in [3.05, 3.63) is 40.3 Å². The number of nitrogen functional groups attached to an aromatic ring is 1. The van der Waals surface area contributed by atoms with Crippen molar-refractivity contribution in [1.29, 1.82) is 0 Å². The molecule has 0 aliphatic rings. The molecule has 4 nitrogen and oxygen atoms in total. The first-order valence-electron chi connectivity index (χ1n) is 4.91. The van der Waals surface area contributed by atoms with Crippen LogP contribution >= 0.6 is 15.9 Å². The van der Waals surface area contributed by atoms with Crippen LogP contribution in [0.3, 0.4) is 0 Å². The predicted octanol–water partition coefficient (Wildman–Crippen LogP) is 2.72. The largest absolute Gasteiger partial charge is 0.397 e. The van der Waals surface area contributed by atoms with Gasteiger partial charge in [0, 0.05) is 11.4 Å². The van der Waals surface area contributed by atoms with E-state index in [1.54, 1.807) is 6.20 Å². The highest BCUT2D eigenvalue weighted by Crippen LogP contribution is 2.22. The van der Waals surface area contributed by atoms with Crippen LogP contribution in [0.5, 0.6) is 0 Å². The minimum Gasteiger partial charge on any atom is -0.397 e. The second-order valence-corrected chi connectivity index (χ2v) is 4.52. The highest BCUT2D eigenvalue weighted by atomic mass is 79.9. The van der Waals surface area contributed by atoms with Gasteiger partial charge in [-0.1, -0.05) is 0 Å². The molecule has 0 aliphatic carbocycles. The summed E-state index contributed by atoms with van der Waals surface area (Å²) in [6.07, 6.45) is 1.63. The number of anilines is 2. The van der Waals surface area contributed by atoms with Crippen LogP contribution < -0.4 is 11.2 Å². The van der Waals surface area contributed by atoms with Gasteiger partial charge < -0.3 is 5.73 Å². The van der Waals surface area contributed by atoms with Gasteiger partial charge in [0.05, 0.1) is 16.4 Å². The van der Waals surface area contributed by atoms with E-state index in [0.29, 0.717) is 5.69 Å². The van der Waals surface area contributed by atoms with Crippen molar-refractivity contribution in [2.75, 3.05) is 11.2 Å². The molecular formula is C11H13BrN4. The molecule has 2 aromatic rings. The summed E-state index contributed by atoms with van der Waals surface area (Å²) >= 11 is 3.42. The van der Waals surface area contributed by atoms with Gasteiger partial charge in [-0.3, -0.25) is 10.1 Å². The zero-order chi connectivity index (χ0) is 11.7. The quantitative estimate of drug-likeness (QED) is 0.889. The first-order chi connectivity index (χ1) is 7.58. The van der Waals surface area contributed by atoms with Crippen molar-refractivity contribution in [1.82, 2.24) is 9.66 Å². The van der Waals surface area contributed by atoms with E-state index in [4.69, 9.17) is 5.73 Å². The number of nitrogens with one attached hydrogen (secondary N) is 1. The normalized spacial score (nSPS) is 10.4. The van der Waals surface area contributed by atoms with Gasteiger partial charge in [0.1, 0.15) is 0 Å². The summed E-state index contributed by atoms with van der Waals surface area (Å²) < 4.78 is 2.82. The summed E-state index contributed by atoms with van der Waals surface area (Å²) in [4.78, 5) is 4.23. The molecule has 0 fully saturated rings. The third-order valence-corrected chi connectivity index (χ3v) is 2.96. The molecule has 2 aromatic heterocycles. The molecule has 84 valence electrons. The Balaban J connectivity index is 2.34. The van der Waals surface area contributed by atoms with Crippen molar-refractivity contribution in [3.63, 3.8) is 0 Å². The molecule has 0 unspecified atom stereocenters. The third-order valence-electron chi connectivity index (χ3n) is 2.35. The Labute approximate surface area is 103 Å². The number of aryl methyl sites for hydroxylation is 2. The van der Waals surface area contributed by atoms with Crippen LogP contribution in [-0.2, 0) is 0 Å². The monoisotopic (exact) mass is 280 g/mol. The first kappa shape index (κ1) is 11.0. The fraction of sp³-hybridized carbons (Fsp3) is 0.182. The van der Waals surface area contributed by atoms with Gasteiger partial charge in [0.15, 0.2) is 5.82 Å². The van der Waals surface area contributed by atoms with Gasteiger partial charge in [-0.25, -0.2) is 4.98 Å². The lowest BCUT2D eigenvalue weighted by molar-refractivity contribution is 0.869. The highest BCUT2D eigenvalue weighted by molar-refractivity contribution is 9.10. The van der Waals surface area contributed by atoms with E-state index in [-0.39, 0.29) is 0 Å². The lowest BCUT2D eigenvalue weighted by Crippen LogP contribution is -2.13. The zero-order valence-electron chi connectivity index (χ0n) is 9.16. The number of aromatic nitrogens is 2. The molecule has 0 radical (unpaired) electrons. The van der Waals surface area contributed by atoms with E-state index in [0.717, 1.165) is 21.7 Å². The predicted molar refractivity (Wildman–Crippen MR) is 69.3 cm³/mol. The second-order valence-electron chi connectivity index (χ2n) is 3.66. The van der Waals surface area contributed by atoms with E-state index >= 15 is 0 Å². The highest BCUT2D eigenvalue weighted by Gasteiger charge is 2.05. The van der Waals surface area contributed by atoms with E-state index in [1.807, 2.05) is 36.7 Å². The fourth-order valence-electron chi connectivity index (χ4n) is 1.49. The lowest BCUT2D eigenvalue weighted by atomic mass is 10.4. The SMILES string of the molecule is Cc1ccc(C)n1Nc1ncc(N)cc1Br. The van der Waals surface area contributed by atoms with Crippen LogP contribution in [0.25, 0.3) is 0 Å². The molecule has 0 saturated heterocycles. The lowest BCUT2D eigenvalue weighted by Gasteiger charge is -2.13. The van der Waals surface area contributed by atoms with E-state index in [1.165, 1.54) is 0 Å². The molecule has 0 aromatic carbocycles. The minimum absolute atomic E-state index is 0.637. The molecular weight excluding hydrogens is 268 g/mol. The Morgan fingerprint density at radius 1 is 1.31 bits per heavy atom. The molecule has 0 atom stereocenters. The van der Waals surface area contributed by atoms with Gasteiger partial charge in [-0.15, -0.1) is 0 Å². The maximum atomic E-state index is 5.63. The van der Waals surface area contributed by atoms with Crippen molar-refractivity contribution < 1.29 is 0 Å². The maximum Gasteiger partial charge on any atom is 0.159 e. The number of halogens is 1. The van der Waals surface area contributed by atoms with Gasteiger partial charge in [0.25, 0.3) is 0 Å². The summed E-state index contributed by atoms with van der Waals surface area (Å²) in [5.74, 6) is 0.747. The van der Waals surface area contributed by atoms with Crippen molar-refractivity contribution >= 4 is 27.4 Å².